The summed E-state index contributed by atoms with van der Waals surface area (Å²) in [6, 6.07) is 0. The second kappa shape index (κ2) is 9.55. The van der Waals surface area contributed by atoms with E-state index in [-0.39, 0.29) is 0 Å². The molecule has 0 fully saturated rings. The Morgan fingerprint density at radius 2 is 2.10 bits per heavy atom. The van der Waals surface area contributed by atoms with Crippen LogP contribution in [0.2, 0.25) is 0 Å². The predicted octanol–water partition coefficient (Wildman–Crippen LogP) is 3.79. The summed E-state index contributed by atoms with van der Waals surface area (Å²) < 4.78 is 22.0. The van der Waals surface area contributed by atoms with Crippen molar-refractivity contribution in [2.75, 3.05) is 14.2 Å². The van der Waals surface area contributed by atoms with Gasteiger partial charge in [0.05, 0.1) is 5.75 Å². The molecule has 8 heteroatoms. The maximum atomic E-state index is 11.9. The lowest BCUT2D eigenvalue weighted by Gasteiger charge is -2.11. The van der Waals surface area contributed by atoms with Crippen molar-refractivity contribution in [3.05, 3.63) is 11.7 Å². The van der Waals surface area contributed by atoms with Crippen molar-refractivity contribution in [2.45, 2.75) is 51.2 Å². The average Bonchev–Trinajstić information content (AvgIpc) is 2.92. The minimum absolute atomic E-state index is 0.384. The molecule has 1 atom stereocenters. The molecule has 1 aromatic rings. The van der Waals surface area contributed by atoms with Gasteiger partial charge in [-0.25, -0.2) is 5.09 Å². The van der Waals surface area contributed by atoms with Gasteiger partial charge >= 0.3 is 6.72 Å². The number of nitrogens with zero attached hydrogens (tertiary/aromatic N) is 2. The highest BCUT2D eigenvalue weighted by atomic mass is 32.7. The van der Waals surface area contributed by atoms with E-state index < -0.39 is 6.72 Å². The average molecular weight is 321 g/mol. The SMILES string of the molecule is CCCCCCCc1noc(CSP(=O)(NC)OC)n1. The first-order chi connectivity index (χ1) is 9.63. The molecular formula is C12H24N3O3PS. The van der Waals surface area contributed by atoms with E-state index in [1.807, 2.05) is 0 Å². The van der Waals surface area contributed by atoms with Crippen LogP contribution in [0.15, 0.2) is 4.52 Å². The topological polar surface area (TPSA) is 77.2 Å². The van der Waals surface area contributed by atoms with Crippen molar-refractivity contribution in [1.82, 2.24) is 15.2 Å². The van der Waals surface area contributed by atoms with E-state index in [4.69, 9.17) is 9.05 Å². The summed E-state index contributed by atoms with van der Waals surface area (Å²) in [5, 5.41) is 6.60. The lowest BCUT2D eigenvalue weighted by Crippen LogP contribution is -2.01. The molecule has 0 spiro atoms. The number of aromatic nitrogens is 2. The molecule has 1 N–H and O–H groups in total. The van der Waals surface area contributed by atoms with Gasteiger partial charge in [0.15, 0.2) is 5.82 Å². The Morgan fingerprint density at radius 1 is 1.35 bits per heavy atom. The van der Waals surface area contributed by atoms with Crippen molar-refractivity contribution in [3.63, 3.8) is 0 Å². The number of rotatable bonds is 11. The number of hydrogen-bond acceptors (Lipinski definition) is 6. The molecule has 20 heavy (non-hydrogen) atoms. The molecule has 0 aromatic carbocycles. The van der Waals surface area contributed by atoms with E-state index in [1.165, 1.54) is 32.8 Å². The van der Waals surface area contributed by atoms with Crippen molar-refractivity contribution in [2.24, 2.45) is 0 Å². The highest BCUT2D eigenvalue weighted by Gasteiger charge is 2.21. The predicted molar refractivity (Wildman–Crippen MR) is 81.7 cm³/mol. The zero-order valence-electron chi connectivity index (χ0n) is 12.4. The summed E-state index contributed by atoms with van der Waals surface area (Å²) in [6.07, 6.45) is 6.91. The Hall–Kier alpha value is -0.360. The van der Waals surface area contributed by atoms with Crippen LogP contribution >= 0.6 is 18.1 Å². The maximum Gasteiger partial charge on any atom is 0.326 e. The van der Waals surface area contributed by atoms with Crippen LogP contribution in [0.1, 0.15) is 50.7 Å². The molecule has 0 bridgehead atoms. The van der Waals surface area contributed by atoms with Crippen molar-refractivity contribution >= 4 is 18.1 Å². The van der Waals surface area contributed by atoms with E-state index in [0.717, 1.165) is 30.0 Å². The van der Waals surface area contributed by atoms with Crippen LogP contribution in [0.25, 0.3) is 0 Å². The lowest BCUT2D eigenvalue weighted by molar-refractivity contribution is 0.383. The maximum absolute atomic E-state index is 11.9. The van der Waals surface area contributed by atoms with Crippen LogP contribution in [0.3, 0.4) is 0 Å². The van der Waals surface area contributed by atoms with E-state index in [2.05, 4.69) is 22.2 Å². The zero-order valence-corrected chi connectivity index (χ0v) is 14.1. The summed E-state index contributed by atoms with van der Waals surface area (Å²) >= 11 is 1.15. The van der Waals surface area contributed by atoms with Gasteiger partial charge in [-0.2, -0.15) is 4.98 Å². The van der Waals surface area contributed by atoms with Crippen LogP contribution in [0.5, 0.6) is 0 Å². The third kappa shape index (κ3) is 6.39. The molecule has 1 unspecified atom stereocenters. The fraction of sp³-hybridized carbons (Fsp3) is 0.833. The normalized spacial score (nSPS) is 14.3. The quantitative estimate of drug-likeness (QED) is 0.491. The molecule has 1 aromatic heterocycles. The van der Waals surface area contributed by atoms with Gasteiger partial charge in [-0.15, -0.1) is 0 Å². The first-order valence-electron chi connectivity index (χ1n) is 6.94. The van der Waals surface area contributed by atoms with Gasteiger partial charge in [-0.3, -0.25) is 4.57 Å². The van der Waals surface area contributed by atoms with Gasteiger partial charge < -0.3 is 9.05 Å². The summed E-state index contributed by atoms with van der Waals surface area (Å²) in [4.78, 5) is 4.30. The molecule has 0 amide bonds. The Kier molecular flexibility index (Phi) is 8.45. The highest BCUT2D eigenvalue weighted by molar-refractivity contribution is 8.55. The molecule has 0 saturated carbocycles. The second-order valence-electron chi connectivity index (χ2n) is 4.45. The van der Waals surface area contributed by atoms with Gasteiger partial charge in [-0.05, 0) is 24.9 Å². The summed E-state index contributed by atoms with van der Waals surface area (Å²) in [7, 11) is 3.02. The molecule has 116 valence electrons. The van der Waals surface area contributed by atoms with Gasteiger partial charge in [0, 0.05) is 13.5 Å². The molecule has 6 nitrogen and oxygen atoms in total. The number of nitrogens with one attached hydrogen (secondary N) is 1. The molecule has 0 aliphatic carbocycles. The molecule has 0 aliphatic rings. The third-order valence-corrected chi connectivity index (χ3v) is 7.03. The number of aryl methyl sites for hydroxylation is 1. The standard InChI is InChI=1S/C12H24N3O3PS/c1-4-5-6-7-8-9-11-14-12(18-15-11)10-20-19(16,13-2)17-3/h4-10H2,1-3H3,(H,13,16). The highest BCUT2D eigenvalue weighted by Crippen LogP contribution is 2.55. The van der Waals surface area contributed by atoms with E-state index in [9.17, 15) is 4.57 Å². The Morgan fingerprint density at radius 3 is 2.75 bits per heavy atom. The van der Waals surface area contributed by atoms with Crippen molar-refractivity contribution < 1.29 is 13.6 Å². The van der Waals surface area contributed by atoms with Gasteiger partial charge in [0.2, 0.25) is 5.89 Å². The zero-order chi connectivity index (χ0) is 14.8. The number of hydrogen-bond donors (Lipinski definition) is 1. The largest absolute Gasteiger partial charge is 0.338 e. The van der Waals surface area contributed by atoms with Crippen molar-refractivity contribution in [1.29, 1.82) is 0 Å². The number of unbranched alkanes of at least 4 members (excludes halogenated alkanes) is 4. The lowest BCUT2D eigenvalue weighted by atomic mass is 10.1. The smallest absolute Gasteiger partial charge is 0.326 e. The Balaban J connectivity index is 2.30. The van der Waals surface area contributed by atoms with E-state index in [1.54, 1.807) is 7.05 Å². The Labute approximate surface area is 124 Å². The van der Waals surface area contributed by atoms with Crippen LogP contribution in [-0.4, -0.2) is 24.3 Å². The van der Waals surface area contributed by atoms with Gasteiger partial charge in [0.1, 0.15) is 0 Å². The first kappa shape index (κ1) is 17.7. The van der Waals surface area contributed by atoms with E-state index in [0.29, 0.717) is 11.6 Å². The molecular weight excluding hydrogens is 297 g/mol. The fourth-order valence-electron chi connectivity index (χ4n) is 1.69. The monoisotopic (exact) mass is 321 g/mol. The van der Waals surface area contributed by atoms with Crippen molar-refractivity contribution in [3.8, 4) is 0 Å². The fourth-order valence-corrected chi connectivity index (χ4v) is 4.05. The van der Waals surface area contributed by atoms with Crippen LogP contribution in [-0.2, 0) is 21.3 Å². The summed E-state index contributed by atoms with van der Waals surface area (Å²) in [6.45, 7) is -0.631. The molecule has 0 saturated heterocycles. The first-order valence-corrected chi connectivity index (χ1v) is 10.2. The molecule has 0 radical (unpaired) electrons. The minimum Gasteiger partial charge on any atom is -0.338 e. The van der Waals surface area contributed by atoms with Gasteiger partial charge in [-0.1, -0.05) is 37.8 Å². The van der Waals surface area contributed by atoms with E-state index >= 15 is 0 Å². The van der Waals surface area contributed by atoms with Crippen LogP contribution in [0, 0.1) is 0 Å². The Bertz CT molecular complexity index is 420. The summed E-state index contributed by atoms with van der Waals surface area (Å²) in [5.74, 6) is 1.61. The van der Waals surface area contributed by atoms with Crippen LogP contribution < -0.4 is 5.09 Å². The molecule has 1 rings (SSSR count). The third-order valence-electron chi connectivity index (χ3n) is 2.89. The van der Waals surface area contributed by atoms with Gasteiger partial charge in [0.25, 0.3) is 0 Å². The summed E-state index contributed by atoms with van der Waals surface area (Å²) in [5.41, 5.74) is 0. The second-order valence-corrected chi connectivity index (χ2v) is 9.02. The minimum atomic E-state index is -2.83. The van der Waals surface area contributed by atoms with Crippen LogP contribution in [0.4, 0.5) is 0 Å². The molecule has 1 heterocycles. The molecule has 0 aliphatic heterocycles.